The van der Waals surface area contributed by atoms with Crippen molar-refractivity contribution in [1.82, 2.24) is 20.1 Å². The van der Waals surface area contributed by atoms with Crippen LogP contribution in [0.3, 0.4) is 0 Å². The Morgan fingerprint density at radius 1 is 1.03 bits per heavy atom. The number of aromatic nitrogens is 3. The molecule has 5 nitrogen and oxygen atoms in total. The smallest absolute Gasteiger partial charge is 0.230 e. The van der Waals surface area contributed by atoms with Crippen molar-refractivity contribution in [2.75, 3.05) is 5.75 Å². The Bertz CT molecular complexity index is 1230. The molecule has 0 spiro atoms. The van der Waals surface area contributed by atoms with Gasteiger partial charge in [-0.3, -0.25) is 4.79 Å². The molecule has 1 heterocycles. The van der Waals surface area contributed by atoms with Crippen molar-refractivity contribution in [1.29, 1.82) is 0 Å². The first-order valence-corrected chi connectivity index (χ1v) is 12.0. The lowest BCUT2D eigenvalue weighted by Gasteiger charge is -2.15. The van der Waals surface area contributed by atoms with Crippen molar-refractivity contribution >= 4 is 28.4 Å². The van der Waals surface area contributed by atoms with Gasteiger partial charge in [0.25, 0.3) is 0 Å². The van der Waals surface area contributed by atoms with Crippen molar-refractivity contribution in [2.45, 2.75) is 43.4 Å². The van der Waals surface area contributed by atoms with E-state index in [2.05, 4.69) is 62.5 Å². The van der Waals surface area contributed by atoms with Crippen molar-refractivity contribution in [3.63, 3.8) is 0 Å². The maximum atomic E-state index is 12.7. The Morgan fingerprint density at radius 3 is 2.56 bits per heavy atom. The number of nitrogens with one attached hydrogen (secondary N) is 1. The molecule has 1 atom stereocenters. The number of carbonyl (C=O) groups excluding carboxylic acids is 1. The number of nitrogens with zero attached hydrogens (tertiary/aromatic N) is 3. The Kier molecular flexibility index (Phi) is 5.95. The molecule has 1 saturated carbocycles. The normalized spacial score (nSPS) is 14.4. The van der Waals surface area contributed by atoms with Crippen LogP contribution in [0.4, 0.5) is 0 Å². The second-order valence-corrected chi connectivity index (χ2v) is 9.31. The van der Waals surface area contributed by atoms with Crippen LogP contribution in [-0.4, -0.2) is 26.4 Å². The summed E-state index contributed by atoms with van der Waals surface area (Å²) in [7, 11) is 0. The van der Waals surface area contributed by atoms with Crippen LogP contribution in [0.25, 0.3) is 10.8 Å². The monoisotopic (exact) mass is 442 g/mol. The zero-order chi connectivity index (χ0) is 21.9. The van der Waals surface area contributed by atoms with Crippen LogP contribution in [0.1, 0.15) is 48.7 Å². The summed E-state index contributed by atoms with van der Waals surface area (Å²) in [6.45, 7) is 2.76. The van der Waals surface area contributed by atoms with Gasteiger partial charge in [-0.2, -0.15) is 0 Å². The Morgan fingerprint density at radius 2 is 1.78 bits per heavy atom. The van der Waals surface area contributed by atoms with Crippen LogP contribution in [-0.2, 0) is 11.3 Å². The molecule has 6 heteroatoms. The first-order valence-electron chi connectivity index (χ1n) is 11.1. The van der Waals surface area contributed by atoms with E-state index < -0.39 is 0 Å². The summed E-state index contributed by atoms with van der Waals surface area (Å²) in [4.78, 5) is 12.7. The molecule has 4 aromatic rings. The van der Waals surface area contributed by atoms with E-state index in [1.807, 2.05) is 37.3 Å². The van der Waals surface area contributed by atoms with Crippen LogP contribution in [0.15, 0.2) is 78.0 Å². The molecule has 1 fully saturated rings. The molecule has 3 aromatic carbocycles. The Labute approximate surface area is 192 Å². The lowest BCUT2D eigenvalue weighted by atomic mass is 10.0. The molecule has 0 unspecified atom stereocenters. The van der Waals surface area contributed by atoms with E-state index in [4.69, 9.17) is 0 Å². The molecule has 1 aliphatic carbocycles. The molecule has 5 rings (SSSR count). The van der Waals surface area contributed by atoms with Crippen LogP contribution in [0.5, 0.6) is 0 Å². The van der Waals surface area contributed by atoms with Gasteiger partial charge in [-0.1, -0.05) is 78.5 Å². The molecule has 1 amide bonds. The van der Waals surface area contributed by atoms with Gasteiger partial charge >= 0.3 is 0 Å². The van der Waals surface area contributed by atoms with E-state index in [0.29, 0.717) is 11.7 Å². The van der Waals surface area contributed by atoms with E-state index in [1.165, 1.54) is 40.9 Å². The minimum atomic E-state index is -0.0584. The third kappa shape index (κ3) is 4.70. The fourth-order valence-electron chi connectivity index (χ4n) is 3.94. The lowest BCUT2D eigenvalue weighted by molar-refractivity contribution is -0.119. The number of carbonyl (C=O) groups is 1. The summed E-state index contributed by atoms with van der Waals surface area (Å²) >= 11 is 1.46. The van der Waals surface area contributed by atoms with Crippen molar-refractivity contribution in [3.05, 3.63) is 89.7 Å². The highest BCUT2D eigenvalue weighted by Crippen LogP contribution is 2.40. The van der Waals surface area contributed by atoms with E-state index in [0.717, 1.165) is 23.1 Å². The lowest BCUT2D eigenvalue weighted by Crippen LogP contribution is -2.28. The molecule has 32 heavy (non-hydrogen) atoms. The maximum Gasteiger partial charge on any atom is 0.230 e. The van der Waals surface area contributed by atoms with Gasteiger partial charge in [0.15, 0.2) is 5.16 Å². The predicted octanol–water partition coefficient (Wildman–Crippen LogP) is 5.33. The van der Waals surface area contributed by atoms with Gasteiger partial charge in [-0.05, 0) is 47.7 Å². The highest BCUT2D eigenvalue weighted by atomic mass is 32.2. The van der Waals surface area contributed by atoms with Gasteiger partial charge in [0, 0.05) is 5.92 Å². The average Bonchev–Trinajstić information content (AvgIpc) is 3.59. The molecule has 1 aromatic heterocycles. The number of amides is 1. The second-order valence-electron chi connectivity index (χ2n) is 8.37. The van der Waals surface area contributed by atoms with Gasteiger partial charge in [0.1, 0.15) is 5.82 Å². The highest BCUT2D eigenvalue weighted by molar-refractivity contribution is 7.99. The molecule has 0 aliphatic heterocycles. The highest BCUT2D eigenvalue weighted by Gasteiger charge is 2.30. The van der Waals surface area contributed by atoms with E-state index in [9.17, 15) is 4.79 Å². The molecular weight excluding hydrogens is 416 g/mol. The zero-order valence-corrected chi connectivity index (χ0v) is 18.9. The summed E-state index contributed by atoms with van der Waals surface area (Å²) in [5.74, 6) is 1.86. The van der Waals surface area contributed by atoms with Gasteiger partial charge in [0.2, 0.25) is 5.91 Å². The Hall–Kier alpha value is -3.12. The quantitative estimate of drug-likeness (QED) is 0.375. The molecule has 0 bridgehead atoms. The average molecular weight is 443 g/mol. The third-order valence-electron chi connectivity index (χ3n) is 5.85. The van der Waals surface area contributed by atoms with E-state index in [-0.39, 0.29) is 11.9 Å². The zero-order valence-electron chi connectivity index (χ0n) is 18.1. The summed E-state index contributed by atoms with van der Waals surface area (Å²) in [6, 6.07) is 24.9. The minimum Gasteiger partial charge on any atom is -0.349 e. The SMILES string of the molecule is C[C@H](NC(=O)CSc1nnc(C2CC2)n1Cc1ccccc1)c1ccc2ccccc2c1. The molecule has 162 valence electrons. The van der Waals surface area contributed by atoms with Crippen LogP contribution >= 0.6 is 11.8 Å². The van der Waals surface area contributed by atoms with E-state index in [1.54, 1.807) is 0 Å². The van der Waals surface area contributed by atoms with Crippen molar-refractivity contribution < 1.29 is 4.79 Å². The largest absolute Gasteiger partial charge is 0.349 e. The van der Waals surface area contributed by atoms with Crippen LogP contribution < -0.4 is 5.32 Å². The molecular formula is C26H26N4OS. The summed E-state index contributed by atoms with van der Waals surface area (Å²) in [6.07, 6.45) is 2.34. The number of fused-ring (bicyclic) bond motifs is 1. The molecule has 1 aliphatic rings. The van der Waals surface area contributed by atoms with Gasteiger partial charge in [-0.25, -0.2) is 0 Å². The van der Waals surface area contributed by atoms with Crippen molar-refractivity contribution in [2.24, 2.45) is 0 Å². The maximum absolute atomic E-state index is 12.7. The molecule has 0 radical (unpaired) electrons. The fourth-order valence-corrected chi connectivity index (χ4v) is 4.69. The van der Waals surface area contributed by atoms with E-state index >= 15 is 0 Å². The van der Waals surface area contributed by atoms with Gasteiger partial charge in [-0.15, -0.1) is 10.2 Å². The topological polar surface area (TPSA) is 59.8 Å². The van der Waals surface area contributed by atoms with Crippen LogP contribution in [0, 0.1) is 0 Å². The van der Waals surface area contributed by atoms with Crippen molar-refractivity contribution in [3.8, 4) is 0 Å². The number of hydrogen-bond acceptors (Lipinski definition) is 4. The number of hydrogen-bond donors (Lipinski definition) is 1. The number of benzene rings is 3. The Balaban J connectivity index is 1.24. The fraction of sp³-hybridized carbons (Fsp3) is 0.269. The standard InChI is InChI=1S/C26H26N4OS/c1-18(22-14-11-20-9-5-6-10-23(20)15-22)27-24(31)17-32-26-29-28-25(21-12-13-21)30(26)16-19-7-3-2-4-8-19/h2-11,14-15,18,21H,12-13,16-17H2,1H3,(H,27,31)/t18-/m0/s1. The van der Waals surface area contributed by atoms with Crippen LogP contribution in [0.2, 0.25) is 0 Å². The first kappa shape index (κ1) is 20.8. The first-order chi connectivity index (χ1) is 15.7. The summed E-state index contributed by atoms with van der Waals surface area (Å²) in [5, 5.41) is 15.2. The third-order valence-corrected chi connectivity index (χ3v) is 6.82. The second kappa shape index (κ2) is 9.17. The summed E-state index contributed by atoms with van der Waals surface area (Å²) in [5.41, 5.74) is 2.32. The van der Waals surface area contributed by atoms with Gasteiger partial charge < -0.3 is 9.88 Å². The molecule has 0 saturated heterocycles. The summed E-state index contributed by atoms with van der Waals surface area (Å²) < 4.78 is 2.18. The number of thioether (sulfide) groups is 1. The molecule has 1 N–H and O–H groups in total. The van der Waals surface area contributed by atoms with Gasteiger partial charge in [0.05, 0.1) is 18.3 Å². The predicted molar refractivity (Wildman–Crippen MR) is 129 cm³/mol. The number of rotatable bonds is 8. The minimum absolute atomic E-state index is 0.00195.